The molecule has 2 rings (SSSR count). The number of amides is 1. The molecular formula is C12H16N4O4S2. The maximum atomic E-state index is 12.1. The van der Waals surface area contributed by atoms with E-state index in [4.69, 9.17) is 0 Å². The van der Waals surface area contributed by atoms with E-state index in [1.54, 1.807) is 0 Å². The molecule has 2 aromatic heterocycles. The molecule has 1 amide bonds. The summed E-state index contributed by atoms with van der Waals surface area (Å²) in [6, 6.07) is 0. The van der Waals surface area contributed by atoms with Crippen molar-refractivity contribution in [2.45, 2.75) is 13.8 Å². The van der Waals surface area contributed by atoms with Gasteiger partial charge in [0.25, 0.3) is 5.56 Å². The first kappa shape index (κ1) is 16.6. The van der Waals surface area contributed by atoms with E-state index in [0.29, 0.717) is 10.2 Å². The van der Waals surface area contributed by atoms with Gasteiger partial charge in [-0.1, -0.05) is 0 Å². The van der Waals surface area contributed by atoms with E-state index in [1.165, 1.54) is 18.4 Å². The van der Waals surface area contributed by atoms with Gasteiger partial charge >= 0.3 is 0 Å². The van der Waals surface area contributed by atoms with E-state index in [9.17, 15) is 18.0 Å². The SMILES string of the molecule is Cc1sc2nc(NC(=O)CN(C)S(C)(=O)=O)[nH]c(=O)c2c1C. The molecule has 0 atom stereocenters. The van der Waals surface area contributed by atoms with Gasteiger partial charge in [-0.05, 0) is 19.4 Å². The first-order valence-electron chi connectivity index (χ1n) is 6.30. The zero-order chi connectivity index (χ0) is 16.7. The topological polar surface area (TPSA) is 112 Å². The maximum Gasteiger partial charge on any atom is 0.261 e. The molecule has 0 aromatic carbocycles. The number of aromatic nitrogens is 2. The second-order valence-corrected chi connectivity index (χ2v) is 8.24. The van der Waals surface area contributed by atoms with Crippen LogP contribution in [-0.2, 0) is 14.8 Å². The predicted molar refractivity (Wildman–Crippen MR) is 85.8 cm³/mol. The largest absolute Gasteiger partial charge is 0.295 e. The van der Waals surface area contributed by atoms with Gasteiger partial charge in [-0.15, -0.1) is 11.3 Å². The fourth-order valence-corrected chi connectivity index (χ4v) is 3.19. The highest BCUT2D eigenvalue weighted by Gasteiger charge is 2.17. The van der Waals surface area contributed by atoms with E-state index in [2.05, 4.69) is 15.3 Å². The minimum atomic E-state index is -3.45. The second-order valence-electron chi connectivity index (χ2n) is 4.95. The summed E-state index contributed by atoms with van der Waals surface area (Å²) in [5.74, 6) is -0.578. The van der Waals surface area contributed by atoms with Crippen LogP contribution in [0.5, 0.6) is 0 Å². The molecule has 0 fully saturated rings. The van der Waals surface area contributed by atoms with Crippen LogP contribution in [0.2, 0.25) is 0 Å². The molecule has 0 aliphatic heterocycles. The lowest BCUT2D eigenvalue weighted by Gasteiger charge is -2.13. The summed E-state index contributed by atoms with van der Waals surface area (Å²) in [6.07, 6.45) is 1.00. The fraction of sp³-hybridized carbons (Fsp3) is 0.417. The summed E-state index contributed by atoms with van der Waals surface area (Å²) in [5.41, 5.74) is 0.530. The van der Waals surface area contributed by atoms with Gasteiger partial charge < -0.3 is 0 Å². The van der Waals surface area contributed by atoms with Crippen molar-refractivity contribution < 1.29 is 13.2 Å². The van der Waals surface area contributed by atoms with Crippen LogP contribution in [0.4, 0.5) is 5.95 Å². The summed E-state index contributed by atoms with van der Waals surface area (Å²) in [5, 5.41) is 2.91. The number of likely N-dealkylation sites (N-methyl/N-ethyl adjacent to an activating group) is 1. The Hall–Kier alpha value is -1.78. The summed E-state index contributed by atoms with van der Waals surface area (Å²) in [4.78, 5) is 32.1. The van der Waals surface area contributed by atoms with Crippen molar-refractivity contribution in [2.75, 3.05) is 25.2 Å². The van der Waals surface area contributed by atoms with E-state index >= 15 is 0 Å². The number of fused-ring (bicyclic) bond motifs is 1. The third kappa shape index (κ3) is 3.34. The lowest BCUT2D eigenvalue weighted by molar-refractivity contribution is -0.116. The Morgan fingerprint density at radius 1 is 1.41 bits per heavy atom. The molecule has 0 spiro atoms. The molecule has 0 saturated carbocycles. The Kier molecular flexibility index (Phi) is 4.36. The summed E-state index contributed by atoms with van der Waals surface area (Å²) in [6.45, 7) is 3.37. The average Bonchev–Trinajstić information content (AvgIpc) is 2.63. The number of aryl methyl sites for hydroxylation is 2. The molecule has 0 bridgehead atoms. The van der Waals surface area contributed by atoms with Gasteiger partial charge in [-0.3, -0.25) is 19.9 Å². The Labute approximate surface area is 131 Å². The van der Waals surface area contributed by atoms with E-state index in [1.807, 2.05) is 13.8 Å². The first-order chi connectivity index (χ1) is 10.1. The average molecular weight is 344 g/mol. The monoisotopic (exact) mass is 344 g/mol. The highest BCUT2D eigenvalue weighted by Crippen LogP contribution is 2.26. The van der Waals surface area contributed by atoms with Gasteiger partial charge in [0, 0.05) is 11.9 Å². The molecule has 8 nitrogen and oxygen atoms in total. The molecule has 0 radical (unpaired) electrons. The molecule has 120 valence electrons. The van der Waals surface area contributed by atoms with Crippen molar-refractivity contribution in [3.05, 3.63) is 20.8 Å². The maximum absolute atomic E-state index is 12.1. The van der Waals surface area contributed by atoms with Gasteiger partial charge in [-0.2, -0.15) is 4.31 Å². The van der Waals surface area contributed by atoms with Crippen LogP contribution < -0.4 is 10.9 Å². The van der Waals surface area contributed by atoms with Crippen LogP contribution >= 0.6 is 11.3 Å². The molecule has 22 heavy (non-hydrogen) atoms. The Bertz CT molecular complexity index is 898. The standard InChI is InChI=1S/C12H16N4O4S2/c1-6-7(2)21-11-9(6)10(18)14-12(15-11)13-8(17)5-16(3)22(4,19)20/h5H2,1-4H3,(H2,13,14,15,17,18). The van der Waals surface area contributed by atoms with E-state index < -0.39 is 15.9 Å². The third-order valence-electron chi connectivity index (χ3n) is 3.23. The third-order valence-corrected chi connectivity index (χ3v) is 5.59. The van der Waals surface area contributed by atoms with Gasteiger partial charge in [0.1, 0.15) is 4.83 Å². The van der Waals surface area contributed by atoms with Crippen molar-refractivity contribution in [1.82, 2.24) is 14.3 Å². The molecule has 0 unspecified atom stereocenters. The number of sulfonamides is 1. The zero-order valence-electron chi connectivity index (χ0n) is 12.6. The van der Waals surface area contributed by atoms with Crippen LogP contribution in [0.25, 0.3) is 10.2 Å². The Morgan fingerprint density at radius 3 is 2.64 bits per heavy atom. The van der Waals surface area contributed by atoms with E-state index in [0.717, 1.165) is 21.0 Å². The number of thiophene rings is 1. The van der Waals surface area contributed by atoms with Crippen molar-refractivity contribution in [2.24, 2.45) is 0 Å². The normalized spacial score (nSPS) is 12.0. The number of anilines is 1. The molecule has 0 saturated heterocycles. The lowest BCUT2D eigenvalue weighted by atomic mass is 10.2. The molecule has 0 aliphatic rings. The number of carbonyl (C=O) groups excluding carboxylic acids is 1. The Morgan fingerprint density at radius 2 is 2.05 bits per heavy atom. The van der Waals surface area contributed by atoms with Gasteiger partial charge in [0.05, 0.1) is 18.2 Å². The number of aromatic amines is 1. The summed E-state index contributed by atoms with van der Waals surface area (Å²) < 4.78 is 23.4. The molecular weight excluding hydrogens is 328 g/mol. The van der Waals surface area contributed by atoms with Crippen molar-refractivity contribution in [1.29, 1.82) is 0 Å². The van der Waals surface area contributed by atoms with Crippen molar-refractivity contribution in [3.8, 4) is 0 Å². The van der Waals surface area contributed by atoms with Crippen LogP contribution in [-0.4, -0.2) is 48.4 Å². The number of hydrogen-bond donors (Lipinski definition) is 2. The minimum Gasteiger partial charge on any atom is -0.295 e. The fourth-order valence-electron chi connectivity index (χ4n) is 1.80. The van der Waals surface area contributed by atoms with Crippen LogP contribution in [0, 0.1) is 13.8 Å². The molecule has 10 heteroatoms. The highest BCUT2D eigenvalue weighted by atomic mass is 32.2. The van der Waals surface area contributed by atoms with Gasteiger partial charge in [0.2, 0.25) is 21.9 Å². The summed E-state index contributed by atoms with van der Waals surface area (Å²) in [7, 11) is -2.16. The number of rotatable bonds is 4. The van der Waals surface area contributed by atoms with Crippen LogP contribution in [0.1, 0.15) is 10.4 Å². The quantitative estimate of drug-likeness (QED) is 0.835. The molecule has 2 N–H and O–H groups in total. The number of hydrogen-bond acceptors (Lipinski definition) is 6. The summed E-state index contributed by atoms with van der Waals surface area (Å²) >= 11 is 1.36. The molecule has 2 heterocycles. The Balaban J connectivity index is 2.26. The van der Waals surface area contributed by atoms with Gasteiger partial charge in [-0.25, -0.2) is 13.4 Å². The molecule has 2 aromatic rings. The number of nitrogens with zero attached hydrogens (tertiary/aromatic N) is 2. The van der Waals surface area contributed by atoms with Crippen molar-refractivity contribution >= 4 is 43.4 Å². The zero-order valence-corrected chi connectivity index (χ0v) is 14.2. The molecule has 0 aliphatic carbocycles. The number of carbonyl (C=O) groups is 1. The second kappa shape index (κ2) is 5.78. The number of nitrogens with one attached hydrogen (secondary N) is 2. The lowest BCUT2D eigenvalue weighted by Crippen LogP contribution is -2.34. The first-order valence-corrected chi connectivity index (χ1v) is 8.97. The highest BCUT2D eigenvalue weighted by molar-refractivity contribution is 7.88. The van der Waals surface area contributed by atoms with E-state index in [-0.39, 0.29) is 18.1 Å². The van der Waals surface area contributed by atoms with Gasteiger partial charge in [0.15, 0.2) is 0 Å². The van der Waals surface area contributed by atoms with Crippen LogP contribution in [0.3, 0.4) is 0 Å². The van der Waals surface area contributed by atoms with Crippen LogP contribution in [0.15, 0.2) is 4.79 Å². The number of H-pyrrole nitrogens is 1. The smallest absolute Gasteiger partial charge is 0.261 e. The minimum absolute atomic E-state index is 0.00523. The predicted octanol–water partition coefficient (Wildman–Crippen LogP) is 0.431. The van der Waals surface area contributed by atoms with Crippen molar-refractivity contribution in [3.63, 3.8) is 0 Å².